The second-order valence-electron chi connectivity index (χ2n) is 6.68. The first-order valence-corrected chi connectivity index (χ1v) is 12.0. The molecule has 29 heavy (non-hydrogen) atoms. The number of halogens is 4. The molecule has 1 amide bonds. The largest absolute Gasteiger partial charge is 0.482 e. The molecule has 0 radical (unpaired) electrons. The highest BCUT2D eigenvalue weighted by Gasteiger charge is 2.35. The van der Waals surface area contributed by atoms with Crippen molar-refractivity contribution in [2.75, 3.05) is 18.1 Å². The number of carbonyl (C=O) groups excluding carboxylic acids is 1. The fourth-order valence-electron chi connectivity index (χ4n) is 3.09. The highest BCUT2D eigenvalue weighted by Crippen LogP contribution is 2.29. The average molecular weight is 497 g/mol. The molecule has 1 fully saturated rings. The van der Waals surface area contributed by atoms with Crippen molar-refractivity contribution in [2.24, 2.45) is 0 Å². The predicted molar refractivity (Wildman–Crippen MR) is 116 cm³/mol. The molecule has 1 saturated heterocycles. The normalized spacial score (nSPS) is 17.9. The molecule has 2 aromatic carbocycles. The van der Waals surface area contributed by atoms with Crippen molar-refractivity contribution in [1.82, 2.24) is 4.90 Å². The molecule has 0 aromatic heterocycles. The molecule has 3 rings (SSSR count). The maximum absolute atomic E-state index is 12.9. The van der Waals surface area contributed by atoms with Gasteiger partial charge in [0, 0.05) is 27.7 Å². The topological polar surface area (TPSA) is 63.7 Å². The second-order valence-corrected chi connectivity index (χ2v) is 10.6. The minimum absolute atomic E-state index is 0.0413. The van der Waals surface area contributed by atoms with Crippen molar-refractivity contribution in [1.29, 1.82) is 0 Å². The number of sulfone groups is 1. The monoisotopic (exact) mass is 495 g/mol. The number of nitrogens with zero attached hydrogens (tertiary/aromatic N) is 1. The Bertz CT molecular complexity index is 1030. The maximum Gasteiger partial charge on any atom is 0.261 e. The molecular weight excluding hydrogens is 480 g/mol. The van der Waals surface area contributed by atoms with E-state index in [-0.39, 0.29) is 35.6 Å². The van der Waals surface area contributed by atoms with E-state index < -0.39 is 15.9 Å². The van der Waals surface area contributed by atoms with Crippen LogP contribution in [-0.4, -0.2) is 43.4 Å². The smallest absolute Gasteiger partial charge is 0.261 e. The molecule has 1 heterocycles. The lowest BCUT2D eigenvalue weighted by Gasteiger charge is -2.29. The van der Waals surface area contributed by atoms with Crippen molar-refractivity contribution in [3.8, 4) is 5.75 Å². The first-order chi connectivity index (χ1) is 13.6. The summed E-state index contributed by atoms with van der Waals surface area (Å²) in [6.07, 6.45) is 0.362. The molecule has 156 valence electrons. The lowest BCUT2D eigenvalue weighted by Crippen LogP contribution is -2.43. The molecular formula is C19H17Cl4NO4S. The summed E-state index contributed by atoms with van der Waals surface area (Å²) in [5.41, 5.74) is 0.665. The van der Waals surface area contributed by atoms with Gasteiger partial charge in [0.25, 0.3) is 5.91 Å². The highest BCUT2D eigenvalue weighted by molar-refractivity contribution is 7.91. The number of benzene rings is 2. The first-order valence-electron chi connectivity index (χ1n) is 8.66. The highest BCUT2D eigenvalue weighted by atomic mass is 35.5. The van der Waals surface area contributed by atoms with Crippen LogP contribution in [0.15, 0.2) is 36.4 Å². The van der Waals surface area contributed by atoms with E-state index in [0.717, 1.165) is 0 Å². The summed E-state index contributed by atoms with van der Waals surface area (Å²) in [4.78, 5) is 14.4. The summed E-state index contributed by atoms with van der Waals surface area (Å²) >= 11 is 24.1. The SMILES string of the molecule is O=C(COc1ccc(Cl)cc1Cl)N(Cc1ccc(Cl)cc1Cl)[C@@H]1CCS(=O)(=O)C1. The standard InChI is InChI=1S/C19H17Cl4NO4S/c20-13-2-1-12(16(22)7-13)9-24(15-5-6-29(26,27)11-15)19(25)10-28-18-4-3-14(21)8-17(18)23/h1-4,7-8,15H,5-6,9-11H2/t15-/m1/s1. The lowest BCUT2D eigenvalue weighted by atomic mass is 10.1. The molecule has 1 aliphatic rings. The molecule has 1 atom stereocenters. The van der Waals surface area contributed by atoms with Gasteiger partial charge in [-0.3, -0.25) is 4.79 Å². The molecule has 0 aliphatic carbocycles. The molecule has 1 aliphatic heterocycles. The van der Waals surface area contributed by atoms with Gasteiger partial charge in [-0.1, -0.05) is 52.5 Å². The summed E-state index contributed by atoms with van der Waals surface area (Å²) in [6, 6.07) is 9.18. The Morgan fingerprint density at radius 2 is 1.69 bits per heavy atom. The number of carbonyl (C=O) groups is 1. The quantitative estimate of drug-likeness (QED) is 0.570. The van der Waals surface area contributed by atoms with Crippen LogP contribution in [0.4, 0.5) is 0 Å². The Morgan fingerprint density at radius 3 is 2.28 bits per heavy atom. The zero-order valence-corrected chi connectivity index (χ0v) is 18.9. The van der Waals surface area contributed by atoms with E-state index in [2.05, 4.69) is 0 Å². The van der Waals surface area contributed by atoms with Crippen LogP contribution in [0.5, 0.6) is 5.75 Å². The van der Waals surface area contributed by atoms with E-state index in [4.69, 9.17) is 51.1 Å². The summed E-state index contributed by atoms with van der Waals surface area (Å²) in [5.74, 6) is -0.109. The first kappa shape index (κ1) is 22.5. The number of hydrogen-bond donors (Lipinski definition) is 0. The van der Waals surface area contributed by atoms with Gasteiger partial charge in [-0.05, 0) is 42.3 Å². The van der Waals surface area contributed by atoms with Crippen molar-refractivity contribution >= 4 is 62.1 Å². The van der Waals surface area contributed by atoms with Gasteiger partial charge < -0.3 is 9.64 Å². The average Bonchev–Trinajstić information content (AvgIpc) is 2.99. The van der Waals surface area contributed by atoms with Crippen molar-refractivity contribution in [3.05, 3.63) is 62.1 Å². The molecule has 0 spiro atoms. The van der Waals surface area contributed by atoms with Crippen molar-refractivity contribution in [3.63, 3.8) is 0 Å². The number of rotatable bonds is 6. The summed E-state index contributed by atoms with van der Waals surface area (Å²) in [5, 5.41) is 1.60. The molecule has 5 nitrogen and oxygen atoms in total. The van der Waals surface area contributed by atoms with E-state index in [1.807, 2.05) is 0 Å². The Hall–Kier alpha value is -1.18. The third-order valence-electron chi connectivity index (χ3n) is 4.57. The van der Waals surface area contributed by atoms with Crippen LogP contribution >= 0.6 is 46.4 Å². The molecule has 10 heteroatoms. The Kier molecular flexibility index (Phi) is 7.23. The van der Waals surface area contributed by atoms with E-state index in [9.17, 15) is 13.2 Å². The number of hydrogen-bond acceptors (Lipinski definition) is 4. The van der Waals surface area contributed by atoms with Gasteiger partial charge in [0.05, 0.1) is 16.5 Å². The third kappa shape index (κ3) is 5.92. The van der Waals surface area contributed by atoms with Crippen LogP contribution in [0.2, 0.25) is 20.1 Å². The summed E-state index contributed by atoms with van der Waals surface area (Å²) in [7, 11) is -3.19. The zero-order valence-electron chi connectivity index (χ0n) is 15.1. The Morgan fingerprint density at radius 1 is 1.03 bits per heavy atom. The minimum Gasteiger partial charge on any atom is -0.482 e. The van der Waals surface area contributed by atoms with E-state index in [1.54, 1.807) is 30.3 Å². The van der Waals surface area contributed by atoms with Gasteiger partial charge in [-0.25, -0.2) is 8.42 Å². The van der Waals surface area contributed by atoms with Gasteiger partial charge in [0.15, 0.2) is 16.4 Å². The van der Waals surface area contributed by atoms with Gasteiger partial charge in [0.2, 0.25) is 0 Å². The molecule has 0 saturated carbocycles. The third-order valence-corrected chi connectivity index (χ3v) is 7.44. The van der Waals surface area contributed by atoms with Gasteiger partial charge >= 0.3 is 0 Å². The van der Waals surface area contributed by atoms with E-state index >= 15 is 0 Å². The van der Waals surface area contributed by atoms with Gasteiger partial charge in [0.1, 0.15) is 5.75 Å². The van der Waals surface area contributed by atoms with E-state index in [0.29, 0.717) is 32.8 Å². The van der Waals surface area contributed by atoms with Crippen LogP contribution < -0.4 is 4.74 Å². The predicted octanol–water partition coefficient (Wildman–Crippen LogP) is 4.89. The van der Waals surface area contributed by atoms with Crippen LogP contribution in [0.3, 0.4) is 0 Å². The fraction of sp³-hybridized carbons (Fsp3) is 0.316. The fourth-order valence-corrected chi connectivity index (χ4v) is 5.75. The molecule has 0 N–H and O–H groups in total. The maximum atomic E-state index is 12.9. The zero-order chi connectivity index (χ0) is 21.2. The second kappa shape index (κ2) is 9.31. The Balaban J connectivity index is 1.79. The summed E-state index contributed by atoms with van der Waals surface area (Å²) < 4.78 is 29.4. The molecule has 2 aromatic rings. The van der Waals surface area contributed by atoms with Crippen LogP contribution in [-0.2, 0) is 21.2 Å². The van der Waals surface area contributed by atoms with Crippen molar-refractivity contribution in [2.45, 2.75) is 19.0 Å². The van der Waals surface area contributed by atoms with E-state index in [1.165, 1.54) is 11.0 Å². The van der Waals surface area contributed by atoms with Crippen LogP contribution in [0, 0.1) is 0 Å². The number of amides is 1. The number of ether oxygens (including phenoxy) is 1. The summed E-state index contributed by atoms with van der Waals surface area (Å²) in [6.45, 7) is -0.157. The molecule has 0 unspecified atom stereocenters. The van der Waals surface area contributed by atoms with Crippen LogP contribution in [0.1, 0.15) is 12.0 Å². The molecule has 0 bridgehead atoms. The van der Waals surface area contributed by atoms with Crippen molar-refractivity contribution < 1.29 is 17.9 Å². The minimum atomic E-state index is -3.19. The lowest BCUT2D eigenvalue weighted by molar-refractivity contribution is -0.136. The Labute approximate surface area is 189 Å². The van der Waals surface area contributed by atoms with Crippen LogP contribution in [0.25, 0.3) is 0 Å². The van der Waals surface area contributed by atoms with Gasteiger partial charge in [-0.15, -0.1) is 0 Å². The van der Waals surface area contributed by atoms with Gasteiger partial charge in [-0.2, -0.15) is 0 Å².